The quantitative estimate of drug-likeness (QED) is 0.0654. The van der Waals surface area contributed by atoms with Gasteiger partial charge in [0.15, 0.2) is 0 Å². The fraction of sp³-hybridized carbons (Fsp3) is 0.921. The van der Waals surface area contributed by atoms with Gasteiger partial charge in [0.2, 0.25) is 0 Å². The smallest absolute Gasteiger partial charge is 0.334 e. The van der Waals surface area contributed by atoms with E-state index in [1.165, 1.54) is 128 Å². The molecule has 252 valence electrons. The summed E-state index contributed by atoms with van der Waals surface area (Å²) in [6, 6.07) is 0. The number of aliphatic hydroxyl groups is 2. The zero-order valence-corrected chi connectivity index (χ0v) is 28.4. The monoisotopic (exact) mass is 607 g/mol. The first-order valence-corrected chi connectivity index (χ1v) is 18.9. The van der Waals surface area contributed by atoms with E-state index < -0.39 is 0 Å². The third-order valence-corrected chi connectivity index (χ3v) is 9.73. The molecule has 2 aliphatic rings. The van der Waals surface area contributed by atoms with E-state index in [4.69, 9.17) is 9.47 Å². The van der Waals surface area contributed by atoms with Gasteiger partial charge in [-0.1, -0.05) is 148 Å². The Morgan fingerprint density at radius 3 is 1.37 bits per heavy atom. The van der Waals surface area contributed by atoms with Crippen molar-refractivity contribution in [2.75, 3.05) is 0 Å². The first kappa shape index (κ1) is 38.3. The molecule has 5 nitrogen and oxygen atoms in total. The largest absolute Gasteiger partial charge is 0.455 e. The van der Waals surface area contributed by atoms with Crippen LogP contribution in [0.3, 0.4) is 0 Å². The van der Waals surface area contributed by atoms with Crippen molar-refractivity contribution in [3.05, 3.63) is 11.6 Å². The fourth-order valence-electron chi connectivity index (χ4n) is 6.90. The van der Waals surface area contributed by atoms with Crippen LogP contribution in [-0.4, -0.2) is 46.7 Å². The van der Waals surface area contributed by atoms with Gasteiger partial charge in [-0.05, 0) is 51.5 Å². The van der Waals surface area contributed by atoms with Crippen LogP contribution in [0.25, 0.3) is 0 Å². The first-order chi connectivity index (χ1) is 21.0. The summed E-state index contributed by atoms with van der Waals surface area (Å²) in [6.45, 7) is 4.19. The lowest BCUT2D eigenvalue weighted by Crippen LogP contribution is -2.31. The van der Waals surface area contributed by atoms with E-state index in [9.17, 15) is 15.0 Å². The molecule has 0 aromatic carbocycles. The molecule has 0 bridgehead atoms. The fourth-order valence-corrected chi connectivity index (χ4v) is 6.90. The molecule has 1 unspecified atom stereocenters. The lowest BCUT2D eigenvalue weighted by molar-refractivity contribution is -0.139. The number of hydrogen-bond donors (Lipinski definition) is 2. The lowest BCUT2D eigenvalue weighted by Gasteiger charge is -2.22. The highest BCUT2D eigenvalue weighted by Gasteiger charge is 2.34. The van der Waals surface area contributed by atoms with E-state index >= 15 is 0 Å². The second-order valence-electron chi connectivity index (χ2n) is 13.8. The van der Waals surface area contributed by atoms with Crippen LogP contribution < -0.4 is 0 Å². The van der Waals surface area contributed by atoms with Gasteiger partial charge in [-0.25, -0.2) is 4.79 Å². The van der Waals surface area contributed by atoms with Gasteiger partial charge in [0.05, 0.1) is 24.4 Å². The maximum absolute atomic E-state index is 11.6. The van der Waals surface area contributed by atoms with Gasteiger partial charge >= 0.3 is 5.97 Å². The van der Waals surface area contributed by atoms with Crippen LogP contribution in [0.1, 0.15) is 194 Å². The topological polar surface area (TPSA) is 76.0 Å². The number of carbonyl (C=O) groups excluding carboxylic acids is 1. The number of hydrogen-bond acceptors (Lipinski definition) is 5. The number of cyclic esters (lactones) is 1. The number of aliphatic hydroxyl groups excluding tert-OH is 2. The summed E-state index contributed by atoms with van der Waals surface area (Å²) < 4.78 is 11.3. The molecule has 0 aliphatic carbocycles. The average molecular weight is 607 g/mol. The van der Waals surface area contributed by atoms with E-state index in [0.29, 0.717) is 0 Å². The maximum Gasteiger partial charge on any atom is 0.334 e. The van der Waals surface area contributed by atoms with Crippen molar-refractivity contribution < 1.29 is 24.5 Å². The number of ether oxygens (including phenoxy) is 2. The predicted molar refractivity (Wildman–Crippen MR) is 179 cm³/mol. The van der Waals surface area contributed by atoms with Gasteiger partial charge in [0, 0.05) is 5.57 Å². The van der Waals surface area contributed by atoms with Crippen LogP contribution in [0.5, 0.6) is 0 Å². The molecule has 2 aliphatic heterocycles. The van der Waals surface area contributed by atoms with Crippen molar-refractivity contribution in [1.29, 1.82) is 0 Å². The molecule has 0 aromatic rings. The predicted octanol–water partition coefficient (Wildman–Crippen LogP) is 10.3. The Labute approximate surface area is 266 Å². The SMILES string of the molecule is CCCCCCCCCCC[C@@H](O)[C@H]1CC[C@H]([C@H](O)CCCCCCCCCCCCCCCCC2=CC(C)OC2=O)O1. The highest BCUT2D eigenvalue weighted by Crippen LogP contribution is 2.28. The Bertz CT molecular complexity index is 706. The molecule has 2 rings (SSSR count). The zero-order chi connectivity index (χ0) is 31.0. The van der Waals surface area contributed by atoms with Crippen LogP contribution >= 0.6 is 0 Å². The van der Waals surface area contributed by atoms with Crippen molar-refractivity contribution in [3.8, 4) is 0 Å². The van der Waals surface area contributed by atoms with E-state index in [0.717, 1.165) is 56.9 Å². The Morgan fingerprint density at radius 1 is 0.628 bits per heavy atom. The van der Waals surface area contributed by atoms with E-state index in [1.54, 1.807) is 0 Å². The van der Waals surface area contributed by atoms with Crippen LogP contribution in [-0.2, 0) is 14.3 Å². The van der Waals surface area contributed by atoms with Crippen LogP contribution in [0.15, 0.2) is 11.6 Å². The molecule has 1 fully saturated rings. The molecule has 0 amide bonds. The van der Waals surface area contributed by atoms with Crippen molar-refractivity contribution in [1.82, 2.24) is 0 Å². The molecule has 2 heterocycles. The molecule has 0 aromatic heterocycles. The summed E-state index contributed by atoms with van der Waals surface area (Å²) in [5.74, 6) is -0.106. The lowest BCUT2D eigenvalue weighted by atomic mass is 10.00. The third-order valence-electron chi connectivity index (χ3n) is 9.73. The Balaban J connectivity index is 1.30. The summed E-state index contributed by atoms with van der Waals surface area (Å²) in [5, 5.41) is 21.2. The molecule has 0 saturated carbocycles. The van der Waals surface area contributed by atoms with Gasteiger partial charge in [-0.3, -0.25) is 0 Å². The highest BCUT2D eigenvalue weighted by molar-refractivity contribution is 5.90. The van der Waals surface area contributed by atoms with E-state index in [1.807, 2.05) is 13.0 Å². The van der Waals surface area contributed by atoms with Crippen molar-refractivity contribution in [2.24, 2.45) is 0 Å². The molecule has 0 spiro atoms. The second kappa shape index (κ2) is 25.3. The van der Waals surface area contributed by atoms with E-state index in [2.05, 4.69) is 6.92 Å². The van der Waals surface area contributed by atoms with Gasteiger partial charge in [0.25, 0.3) is 0 Å². The van der Waals surface area contributed by atoms with Crippen LogP contribution in [0.4, 0.5) is 0 Å². The molecular weight excluding hydrogens is 536 g/mol. The molecule has 1 saturated heterocycles. The summed E-state index contributed by atoms with van der Waals surface area (Å²) in [4.78, 5) is 11.6. The van der Waals surface area contributed by atoms with Gasteiger partial charge in [0.1, 0.15) is 6.10 Å². The number of unbranched alkanes of at least 4 members (excludes halogenated alkanes) is 21. The molecule has 5 heteroatoms. The van der Waals surface area contributed by atoms with Crippen molar-refractivity contribution >= 4 is 5.97 Å². The van der Waals surface area contributed by atoms with Crippen molar-refractivity contribution in [3.63, 3.8) is 0 Å². The maximum atomic E-state index is 11.6. The van der Waals surface area contributed by atoms with Gasteiger partial charge < -0.3 is 19.7 Å². The van der Waals surface area contributed by atoms with Crippen LogP contribution in [0, 0.1) is 0 Å². The summed E-state index contributed by atoms with van der Waals surface area (Å²) >= 11 is 0. The Morgan fingerprint density at radius 2 is 1.00 bits per heavy atom. The summed E-state index contributed by atoms with van der Waals surface area (Å²) in [6.07, 6.45) is 34.9. The number of esters is 1. The van der Waals surface area contributed by atoms with Crippen molar-refractivity contribution in [2.45, 2.75) is 224 Å². The van der Waals surface area contributed by atoms with Gasteiger partial charge in [-0.15, -0.1) is 0 Å². The number of carbonyl (C=O) groups is 1. The summed E-state index contributed by atoms with van der Waals surface area (Å²) in [5.41, 5.74) is 0.883. The molecule has 5 atom stereocenters. The Kier molecular flexibility index (Phi) is 22.5. The molecule has 43 heavy (non-hydrogen) atoms. The first-order valence-electron chi connectivity index (χ1n) is 18.9. The minimum atomic E-state index is -0.378. The minimum Gasteiger partial charge on any atom is -0.455 e. The average Bonchev–Trinajstić information content (AvgIpc) is 3.62. The minimum absolute atomic E-state index is 0.0344. The second-order valence-corrected chi connectivity index (χ2v) is 13.8. The standard InChI is InChI=1S/C38H70O5/c1-3-4-5-6-7-14-18-21-24-27-34(39)36-29-30-37(43-36)35(40)28-25-22-19-16-13-11-9-8-10-12-15-17-20-23-26-33-31-32(2)42-38(33)41/h31-32,34-37,39-40H,3-30H2,1-2H3/t32?,34-,35-,36-,37-/m1/s1. The highest BCUT2D eigenvalue weighted by atomic mass is 16.5. The molecular formula is C38H70O5. The normalized spacial score (nSPS) is 21.7. The third kappa shape index (κ3) is 18.6. The molecule has 0 radical (unpaired) electrons. The van der Waals surface area contributed by atoms with Gasteiger partial charge in [-0.2, -0.15) is 0 Å². The zero-order valence-electron chi connectivity index (χ0n) is 28.4. The van der Waals surface area contributed by atoms with Crippen LogP contribution in [0.2, 0.25) is 0 Å². The molecule has 2 N–H and O–H groups in total. The van der Waals surface area contributed by atoms with E-state index in [-0.39, 0.29) is 36.5 Å². The Hall–Kier alpha value is -0.910. The number of rotatable bonds is 29. The summed E-state index contributed by atoms with van der Waals surface area (Å²) in [7, 11) is 0.